The molecule has 0 aliphatic carbocycles. The van der Waals surface area contributed by atoms with Crippen molar-refractivity contribution >= 4 is 23.2 Å². The zero-order valence-corrected chi connectivity index (χ0v) is 17.3. The monoisotopic (exact) mass is 460 g/mol. The number of nitrogens with zero attached hydrogens (tertiary/aromatic N) is 1. The third-order valence-corrected chi connectivity index (χ3v) is 6.09. The molecule has 0 radical (unpaired) electrons. The summed E-state index contributed by atoms with van der Waals surface area (Å²) in [4.78, 5) is 25.1. The van der Waals surface area contributed by atoms with E-state index in [2.05, 4.69) is 10.2 Å². The first kappa shape index (κ1) is 23.3. The summed E-state index contributed by atoms with van der Waals surface area (Å²) in [5.41, 5.74) is 1.15. The molecule has 7 nitrogen and oxygen atoms in total. The number of thiophene rings is 1. The van der Waals surface area contributed by atoms with Crippen molar-refractivity contribution in [2.75, 3.05) is 13.2 Å². The van der Waals surface area contributed by atoms with Crippen molar-refractivity contribution in [3.63, 3.8) is 0 Å². The molecule has 0 spiro atoms. The highest BCUT2D eigenvalue weighted by Crippen LogP contribution is 2.32. The van der Waals surface area contributed by atoms with Gasteiger partial charge in [-0.3, -0.25) is 9.69 Å². The standard InChI is InChI=1S/C18H22N2O3S.C2HF3O2/c21-18(19-9-15-2-1-7-24-15)14-8-17-16(4-6-23-17)20(11-14)10-13-3-5-22-12-13;3-2(4,5)1(6)7/h1-3,5,7,12,14,16-17H,4,6,8-11H2,(H,19,21);(H,6,7)/t14-,16+,17+;/m0./s1. The molecule has 4 rings (SSSR count). The number of likely N-dealkylation sites (tertiary alicyclic amines) is 1. The number of fused-ring (bicyclic) bond motifs is 1. The maximum atomic E-state index is 12.6. The number of aliphatic carboxylic acids is 1. The predicted octanol–water partition coefficient (Wildman–Crippen LogP) is 3.27. The van der Waals surface area contributed by atoms with Gasteiger partial charge in [0.25, 0.3) is 0 Å². The Hall–Kier alpha value is -2.37. The van der Waals surface area contributed by atoms with Gasteiger partial charge in [0.15, 0.2) is 0 Å². The fraction of sp³-hybridized carbons (Fsp3) is 0.500. The van der Waals surface area contributed by atoms with E-state index in [1.54, 1.807) is 23.9 Å². The average Bonchev–Trinajstić information content (AvgIpc) is 3.47. The van der Waals surface area contributed by atoms with E-state index in [0.29, 0.717) is 12.6 Å². The number of piperidine rings is 1. The van der Waals surface area contributed by atoms with Crippen LogP contribution < -0.4 is 5.32 Å². The van der Waals surface area contributed by atoms with Crippen LogP contribution in [0.15, 0.2) is 40.5 Å². The smallest absolute Gasteiger partial charge is 0.475 e. The normalized spacial score (nSPS) is 23.5. The number of carbonyl (C=O) groups excluding carboxylic acids is 1. The van der Waals surface area contributed by atoms with E-state index in [9.17, 15) is 18.0 Å². The van der Waals surface area contributed by atoms with Gasteiger partial charge in [-0.25, -0.2) is 4.79 Å². The van der Waals surface area contributed by atoms with Gasteiger partial charge < -0.3 is 19.6 Å². The molecule has 3 atom stereocenters. The van der Waals surface area contributed by atoms with Crippen molar-refractivity contribution in [3.05, 3.63) is 46.5 Å². The lowest BCUT2D eigenvalue weighted by atomic mass is 9.89. The van der Waals surface area contributed by atoms with E-state index in [1.165, 1.54) is 4.88 Å². The summed E-state index contributed by atoms with van der Waals surface area (Å²) in [6.45, 7) is 3.01. The molecule has 170 valence electrons. The zero-order valence-electron chi connectivity index (χ0n) is 16.5. The van der Waals surface area contributed by atoms with Gasteiger partial charge in [-0.15, -0.1) is 11.3 Å². The number of carboxylic acids is 1. The van der Waals surface area contributed by atoms with Gasteiger partial charge in [-0.2, -0.15) is 13.2 Å². The SMILES string of the molecule is O=C(NCc1cccs1)[C@H]1C[C@H]2OCC[C@H]2N(Cc2ccoc2)C1.O=C(O)C(F)(F)F. The van der Waals surface area contributed by atoms with Crippen LogP contribution in [0.5, 0.6) is 0 Å². The molecule has 2 aromatic rings. The molecule has 11 heteroatoms. The molecule has 2 N–H and O–H groups in total. The molecular weight excluding hydrogens is 437 g/mol. The molecule has 2 saturated heterocycles. The summed E-state index contributed by atoms with van der Waals surface area (Å²) in [7, 11) is 0. The van der Waals surface area contributed by atoms with Gasteiger partial charge in [0.2, 0.25) is 5.91 Å². The maximum Gasteiger partial charge on any atom is 0.490 e. The second kappa shape index (κ2) is 10.3. The first-order chi connectivity index (χ1) is 14.7. The number of halogens is 3. The summed E-state index contributed by atoms with van der Waals surface area (Å²) >= 11 is 1.67. The fourth-order valence-electron chi connectivity index (χ4n) is 3.77. The van der Waals surface area contributed by atoms with E-state index < -0.39 is 12.1 Å². The predicted molar refractivity (Wildman–Crippen MR) is 105 cm³/mol. The Labute approximate surface area is 180 Å². The number of furan rings is 1. The minimum atomic E-state index is -5.08. The second-order valence-electron chi connectivity index (χ2n) is 7.36. The molecule has 4 heterocycles. The molecule has 2 aromatic heterocycles. The molecule has 0 bridgehead atoms. The molecule has 2 aliphatic heterocycles. The molecule has 2 aliphatic rings. The summed E-state index contributed by atoms with van der Waals surface area (Å²) in [6.07, 6.45) is 0.441. The van der Waals surface area contributed by atoms with Gasteiger partial charge in [0, 0.05) is 36.2 Å². The van der Waals surface area contributed by atoms with Crippen LogP contribution in [-0.4, -0.2) is 53.4 Å². The topological polar surface area (TPSA) is 92.0 Å². The van der Waals surface area contributed by atoms with Crippen LogP contribution in [0.4, 0.5) is 13.2 Å². The number of amides is 1. The second-order valence-corrected chi connectivity index (χ2v) is 8.39. The highest BCUT2D eigenvalue weighted by molar-refractivity contribution is 7.09. The summed E-state index contributed by atoms with van der Waals surface area (Å²) in [5.74, 6) is -2.64. The summed E-state index contributed by atoms with van der Waals surface area (Å²) in [5, 5.41) is 12.2. The van der Waals surface area contributed by atoms with Crippen LogP contribution >= 0.6 is 11.3 Å². The molecule has 1 amide bonds. The van der Waals surface area contributed by atoms with Crippen molar-refractivity contribution in [2.45, 2.75) is 44.3 Å². The third-order valence-electron chi connectivity index (χ3n) is 5.21. The Bertz CT molecular complexity index is 842. The van der Waals surface area contributed by atoms with E-state index >= 15 is 0 Å². The first-order valence-electron chi connectivity index (χ1n) is 9.71. The van der Waals surface area contributed by atoms with Gasteiger partial charge >= 0.3 is 12.1 Å². The number of nitrogens with one attached hydrogen (secondary N) is 1. The van der Waals surface area contributed by atoms with Crippen molar-refractivity contribution in [1.29, 1.82) is 0 Å². The van der Waals surface area contributed by atoms with Crippen LogP contribution in [0.25, 0.3) is 0 Å². The van der Waals surface area contributed by atoms with Crippen LogP contribution in [0.1, 0.15) is 23.3 Å². The Morgan fingerprint density at radius 2 is 2.10 bits per heavy atom. The summed E-state index contributed by atoms with van der Waals surface area (Å²) < 4.78 is 42.8. The van der Waals surface area contributed by atoms with Crippen LogP contribution in [0, 0.1) is 5.92 Å². The molecule has 31 heavy (non-hydrogen) atoms. The minimum absolute atomic E-state index is 0.0174. The molecule has 2 fully saturated rings. The largest absolute Gasteiger partial charge is 0.490 e. The zero-order chi connectivity index (χ0) is 22.4. The van der Waals surface area contributed by atoms with Crippen LogP contribution in [0.3, 0.4) is 0 Å². The number of hydrogen-bond donors (Lipinski definition) is 2. The van der Waals surface area contributed by atoms with Crippen LogP contribution in [-0.2, 0) is 27.4 Å². The van der Waals surface area contributed by atoms with Gasteiger partial charge in [-0.1, -0.05) is 6.07 Å². The van der Waals surface area contributed by atoms with Crippen molar-refractivity contribution in [2.24, 2.45) is 5.92 Å². The average molecular weight is 460 g/mol. The fourth-order valence-corrected chi connectivity index (χ4v) is 4.42. The van der Waals surface area contributed by atoms with E-state index in [4.69, 9.17) is 19.1 Å². The Morgan fingerprint density at radius 1 is 1.32 bits per heavy atom. The lowest BCUT2D eigenvalue weighted by Crippen LogP contribution is -2.52. The van der Waals surface area contributed by atoms with Crippen LogP contribution in [0.2, 0.25) is 0 Å². The lowest BCUT2D eigenvalue weighted by molar-refractivity contribution is -0.192. The Kier molecular flexibility index (Phi) is 7.74. The van der Waals surface area contributed by atoms with E-state index in [-0.39, 0.29) is 17.9 Å². The van der Waals surface area contributed by atoms with E-state index in [1.807, 2.05) is 23.6 Å². The number of carbonyl (C=O) groups is 2. The molecule has 0 aromatic carbocycles. The first-order valence-corrected chi connectivity index (χ1v) is 10.6. The molecular formula is C20H23F3N2O5S. The quantitative estimate of drug-likeness (QED) is 0.712. The Balaban J connectivity index is 0.000000339. The van der Waals surface area contributed by atoms with Crippen molar-refractivity contribution < 1.29 is 37.0 Å². The van der Waals surface area contributed by atoms with E-state index in [0.717, 1.165) is 38.1 Å². The molecule has 0 unspecified atom stereocenters. The number of rotatable bonds is 5. The maximum absolute atomic E-state index is 12.6. The number of alkyl halides is 3. The number of carboxylic acid groups (broad SMARTS) is 1. The Morgan fingerprint density at radius 3 is 2.71 bits per heavy atom. The van der Waals surface area contributed by atoms with Crippen molar-refractivity contribution in [1.82, 2.24) is 10.2 Å². The van der Waals surface area contributed by atoms with Gasteiger partial charge in [-0.05, 0) is 30.4 Å². The van der Waals surface area contributed by atoms with Gasteiger partial charge in [0.1, 0.15) is 0 Å². The molecule has 0 saturated carbocycles. The minimum Gasteiger partial charge on any atom is -0.475 e. The number of ether oxygens (including phenoxy) is 1. The lowest BCUT2D eigenvalue weighted by Gasteiger charge is -2.40. The highest BCUT2D eigenvalue weighted by atomic mass is 32.1. The van der Waals surface area contributed by atoms with Gasteiger partial charge in [0.05, 0.1) is 31.1 Å². The number of hydrogen-bond acceptors (Lipinski definition) is 6. The highest BCUT2D eigenvalue weighted by Gasteiger charge is 2.42. The third kappa shape index (κ3) is 6.55. The summed E-state index contributed by atoms with van der Waals surface area (Å²) in [6, 6.07) is 6.47. The van der Waals surface area contributed by atoms with Crippen molar-refractivity contribution in [3.8, 4) is 0 Å².